The first-order valence-electron chi connectivity index (χ1n) is 7.50. The minimum absolute atomic E-state index is 0.435. The van der Waals surface area contributed by atoms with Gasteiger partial charge in [0.2, 0.25) is 0 Å². The molecule has 0 aromatic rings. The van der Waals surface area contributed by atoms with Crippen LogP contribution in [0.25, 0.3) is 0 Å². The maximum Gasteiger partial charge on any atom is 0.0672 e. The minimum atomic E-state index is 0.435. The zero-order valence-corrected chi connectivity index (χ0v) is 11.8. The molecule has 1 heterocycles. The Labute approximate surface area is 107 Å². The maximum absolute atomic E-state index is 6.08. The van der Waals surface area contributed by atoms with E-state index in [-0.39, 0.29) is 0 Å². The third kappa shape index (κ3) is 3.23. The van der Waals surface area contributed by atoms with Gasteiger partial charge in [0.1, 0.15) is 0 Å². The number of ether oxygens (including phenoxy) is 1. The van der Waals surface area contributed by atoms with Crippen molar-refractivity contribution in [2.75, 3.05) is 19.7 Å². The monoisotopic (exact) mass is 239 g/mol. The van der Waals surface area contributed by atoms with Gasteiger partial charge in [0.05, 0.1) is 6.10 Å². The molecule has 1 saturated carbocycles. The van der Waals surface area contributed by atoms with Crippen molar-refractivity contribution in [3.8, 4) is 0 Å². The fourth-order valence-electron chi connectivity index (χ4n) is 3.55. The van der Waals surface area contributed by atoms with Gasteiger partial charge < -0.3 is 10.1 Å². The number of nitrogens with one attached hydrogen (secondary N) is 1. The Morgan fingerprint density at radius 2 is 2.12 bits per heavy atom. The smallest absolute Gasteiger partial charge is 0.0672 e. The Bertz CT molecular complexity index is 237. The zero-order valence-electron chi connectivity index (χ0n) is 11.8. The van der Waals surface area contributed by atoms with Gasteiger partial charge in [0.15, 0.2) is 0 Å². The summed E-state index contributed by atoms with van der Waals surface area (Å²) in [7, 11) is 0. The van der Waals surface area contributed by atoms with Crippen molar-refractivity contribution in [1.82, 2.24) is 5.32 Å². The van der Waals surface area contributed by atoms with Crippen LogP contribution in [0, 0.1) is 17.3 Å². The molecule has 1 aliphatic carbocycles. The van der Waals surface area contributed by atoms with Crippen LogP contribution >= 0.6 is 0 Å². The van der Waals surface area contributed by atoms with Crippen molar-refractivity contribution < 1.29 is 4.74 Å². The molecule has 2 rings (SSSR count). The molecule has 2 nitrogen and oxygen atoms in total. The first-order valence-corrected chi connectivity index (χ1v) is 7.50. The maximum atomic E-state index is 6.08. The molecule has 2 unspecified atom stereocenters. The molecule has 2 heteroatoms. The van der Waals surface area contributed by atoms with Gasteiger partial charge in [-0.3, -0.25) is 0 Å². The van der Waals surface area contributed by atoms with Gasteiger partial charge in [-0.2, -0.15) is 0 Å². The largest absolute Gasteiger partial charge is 0.377 e. The Hall–Kier alpha value is -0.0800. The number of rotatable bonds is 7. The highest BCUT2D eigenvalue weighted by atomic mass is 16.5. The van der Waals surface area contributed by atoms with Gasteiger partial charge in [0, 0.05) is 18.6 Å². The fraction of sp³-hybridized carbons (Fsp3) is 1.00. The molecule has 0 aromatic carbocycles. The Balaban J connectivity index is 1.99. The van der Waals surface area contributed by atoms with E-state index in [0.29, 0.717) is 11.5 Å². The van der Waals surface area contributed by atoms with Crippen LogP contribution in [-0.4, -0.2) is 25.8 Å². The SMILES string of the molecule is CCCNCC1(CC(C)C)CCOC1C1CC1. The van der Waals surface area contributed by atoms with E-state index in [1.807, 2.05) is 0 Å². The highest BCUT2D eigenvalue weighted by Crippen LogP contribution is 2.50. The van der Waals surface area contributed by atoms with E-state index in [1.54, 1.807) is 0 Å². The molecule has 100 valence electrons. The molecule has 1 aliphatic heterocycles. The Kier molecular flexibility index (Phi) is 4.48. The predicted molar refractivity (Wildman–Crippen MR) is 72.1 cm³/mol. The molecule has 1 N–H and O–H groups in total. The van der Waals surface area contributed by atoms with E-state index < -0.39 is 0 Å². The Morgan fingerprint density at radius 1 is 1.35 bits per heavy atom. The molecule has 2 aliphatic rings. The van der Waals surface area contributed by atoms with E-state index >= 15 is 0 Å². The second-order valence-electron chi connectivity index (χ2n) is 6.52. The van der Waals surface area contributed by atoms with E-state index in [0.717, 1.165) is 25.0 Å². The average molecular weight is 239 g/mol. The molecule has 1 saturated heterocycles. The van der Waals surface area contributed by atoms with Crippen molar-refractivity contribution in [2.45, 2.75) is 59.0 Å². The second kappa shape index (κ2) is 5.71. The standard InChI is InChI=1S/C15H29NO/c1-4-8-16-11-15(10-12(2)3)7-9-17-14(15)13-5-6-13/h12-14,16H,4-11H2,1-3H3. The first-order chi connectivity index (χ1) is 8.18. The molecule has 2 atom stereocenters. The molecule has 0 radical (unpaired) electrons. The minimum Gasteiger partial charge on any atom is -0.377 e. The van der Waals surface area contributed by atoms with Gasteiger partial charge in [-0.15, -0.1) is 0 Å². The molecular weight excluding hydrogens is 210 g/mol. The topological polar surface area (TPSA) is 21.3 Å². The van der Waals surface area contributed by atoms with E-state index in [9.17, 15) is 0 Å². The summed E-state index contributed by atoms with van der Waals surface area (Å²) in [5.74, 6) is 1.65. The second-order valence-corrected chi connectivity index (χ2v) is 6.52. The van der Waals surface area contributed by atoms with Crippen molar-refractivity contribution in [3.63, 3.8) is 0 Å². The lowest BCUT2D eigenvalue weighted by Gasteiger charge is -2.36. The molecular formula is C15H29NO. The summed E-state index contributed by atoms with van der Waals surface area (Å²) in [6.45, 7) is 10.2. The van der Waals surface area contributed by atoms with E-state index in [1.165, 1.54) is 38.6 Å². The summed E-state index contributed by atoms with van der Waals surface area (Å²) < 4.78 is 6.08. The van der Waals surface area contributed by atoms with E-state index in [4.69, 9.17) is 4.74 Å². The average Bonchev–Trinajstić information content (AvgIpc) is 3.02. The fourth-order valence-corrected chi connectivity index (χ4v) is 3.55. The summed E-state index contributed by atoms with van der Waals surface area (Å²) in [6, 6.07) is 0. The van der Waals surface area contributed by atoms with Gasteiger partial charge in [-0.25, -0.2) is 0 Å². The van der Waals surface area contributed by atoms with Crippen molar-refractivity contribution in [1.29, 1.82) is 0 Å². The highest BCUT2D eigenvalue weighted by Gasteiger charge is 2.50. The summed E-state index contributed by atoms with van der Waals surface area (Å²) in [5, 5.41) is 3.66. The van der Waals surface area contributed by atoms with Crippen LogP contribution in [0.2, 0.25) is 0 Å². The lowest BCUT2D eigenvalue weighted by Crippen LogP contribution is -2.43. The highest BCUT2D eigenvalue weighted by molar-refractivity contribution is 5.00. The Morgan fingerprint density at radius 3 is 2.71 bits per heavy atom. The third-order valence-electron chi connectivity index (χ3n) is 4.27. The van der Waals surface area contributed by atoms with Crippen molar-refractivity contribution in [2.24, 2.45) is 17.3 Å². The number of hydrogen-bond donors (Lipinski definition) is 1. The molecule has 0 bridgehead atoms. The van der Waals surface area contributed by atoms with Crippen LogP contribution < -0.4 is 5.32 Å². The summed E-state index contributed by atoms with van der Waals surface area (Å²) in [5.41, 5.74) is 0.435. The first kappa shape index (κ1) is 13.4. The third-order valence-corrected chi connectivity index (χ3v) is 4.27. The van der Waals surface area contributed by atoms with Crippen LogP contribution in [0.5, 0.6) is 0 Å². The molecule has 0 aromatic heterocycles. The van der Waals surface area contributed by atoms with E-state index in [2.05, 4.69) is 26.1 Å². The van der Waals surface area contributed by atoms with Crippen molar-refractivity contribution in [3.05, 3.63) is 0 Å². The lowest BCUT2D eigenvalue weighted by molar-refractivity contribution is 0.0208. The van der Waals surface area contributed by atoms with Gasteiger partial charge >= 0.3 is 0 Å². The summed E-state index contributed by atoms with van der Waals surface area (Å²) >= 11 is 0. The van der Waals surface area contributed by atoms with Crippen LogP contribution in [-0.2, 0) is 4.74 Å². The molecule has 0 amide bonds. The summed E-state index contributed by atoms with van der Waals surface area (Å²) in [6.07, 6.45) is 7.17. The quantitative estimate of drug-likeness (QED) is 0.689. The van der Waals surface area contributed by atoms with Crippen LogP contribution in [0.3, 0.4) is 0 Å². The van der Waals surface area contributed by atoms with Crippen LogP contribution in [0.4, 0.5) is 0 Å². The summed E-state index contributed by atoms with van der Waals surface area (Å²) in [4.78, 5) is 0. The van der Waals surface area contributed by atoms with Crippen molar-refractivity contribution >= 4 is 0 Å². The van der Waals surface area contributed by atoms with Crippen LogP contribution in [0.15, 0.2) is 0 Å². The lowest BCUT2D eigenvalue weighted by atomic mass is 9.73. The molecule has 17 heavy (non-hydrogen) atoms. The van der Waals surface area contributed by atoms with Gasteiger partial charge in [-0.05, 0) is 50.5 Å². The van der Waals surface area contributed by atoms with Gasteiger partial charge in [0.25, 0.3) is 0 Å². The van der Waals surface area contributed by atoms with Crippen LogP contribution in [0.1, 0.15) is 52.9 Å². The number of hydrogen-bond acceptors (Lipinski definition) is 2. The molecule has 2 fully saturated rings. The van der Waals surface area contributed by atoms with Gasteiger partial charge in [-0.1, -0.05) is 20.8 Å². The predicted octanol–water partition coefficient (Wildman–Crippen LogP) is 3.22. The molecule has 0 spiro atoms. The zero-order chi connectivity index (χ0) is 12.3. The normalized spacial score (nSPS) is 33.5.